The van der Waals surface area contributed by atoms with Crippen molar-refractivity contribution in [3.8, 4) is 66.8 Å². The van der Waals surface area contributed by atoms with Gasteiger partial charge in [0.2, 0.25) is 0 Å². The van der Waals surface area contributed by atoms with Crippen LogP contribution in [0.5, 0.6) is 23.0 Å². The van der Waals surface area contributed by atoms with Crippen LogP contribution < -0.4 is 18.9 Å². The number of hydrogen-bond acceptors (Lipinski definition) is 18. The van der Waals surface area contributed by atoms with Crippen LogP contribution in [0.25, 0.3) is 43.8 Å². The van der Waals surface area contributed by atoms with Gasteiger partial charge in [0.15, 0.2) is 0 Å². The fraction of sp³-hybridized carbons (Fsp3) is 0.270. The number of nitrogens with zero attached hydrogens (tertiary/aromatic N) is 7. The molecule has 15 rings (SSSR count). The SMILES string of the molecule is [2H]C(c1ccccc1OCCCCCC(=O)O)N(C(=O)c1ccc(-c2ccccc2)cc1)C(C)C.[2H]C(c1ccccc1OCCCCCC(=O)O)N(CCc1ccccn1)C(=O)c1ccc(-c2cccs2)cc1.[2H]C(c1ccccc1OCCCCCC(=O)O)N(CCc1ccccn1)C(=O)c1ccc(-c2ccoc2)cc1.[2H]C(c1ccccc1OCCCCCC(=O)O)N(CCc1ccccn1)C(=O)c1ccc(-c2ccsc2)cc1. The average Bonchev–Trinajstić information content (AvgIpc) is 0.911. The van der Waals surface area contributed by atoms with E-state index in [1.807, 2.05) is 304 Å². The minimum absolute atomic E-state index is 0.141. The van der Waals surface area contributed by atoms with Crippen LogP contribution in [-0.2, 0) is 64.5 Å². The van der Waals surface area contributed by atoms with Crippen molar-refractivity contribution in [2.75, 3.05) is 46.1 Å². The highest BCUT2D eigenvalue weighted by Gasteiger charge is 2.26. The molecule has 4 atom stereocenters. The molecule has 148 heavy (non-hydrogen) atoms. The summed E-state index contributed by atoms with van der Waals surface area (Å²) in [4.78, 5) is 118. The third-order valence-electron chi connectivity index (χ3n) is 23.7. The number of rotatable bonds is 54. The van der Waals surface area contributed by atoms with E-state index in [9.17, 15) is 38.4 Å². The van der Waals surface area contributed by atoms with Crippen molar-refractivity contribution in [3.05, 3.63) is 412 Å². The second kappa shape index (κ2) is 61.4. The maximum absolute atomic E-state index is 13.8. The molecule has 26 heteroatoms. The summed E-state index contributed by atoms with van der Waals surface area (Å²) in [5.41, 5.74) is 14.2. The summed E-state index contributed by atoms with van der Waals surface area (Å²) in [5.74, 6) is -1.88. The summed E-state index contributed by atoms with van der Waals surface area (Å²) < 4.78 is 65.5. The first kappa shape index (κ1) is 105. The molecule has 6 aromatic heterocycles. The molecule has 0 spiro atoms. The van der Waals surface area contributed by atoms with E-state index in [2.05, 4.69) is 20.3 Å². The van der Waals surface area contributed by atoms with E-state index in [0.29, 0.717) is 178 Å². The molecule has 0 aliphatic carbocycles. The molecular formula is C122H129N7O17S2. The van der Waals surface area contributed by atoms with E-state index in [0.717, 1.165) is 93.0 Å². The zero-order valence-electron chi connectivity index (χ0n) is 87.3. The normalized spacial score (nSPS) is 12.0. The van der Waals surface area contributed by atoms with Gasteiger partial charge in [0.05, 0.1) is 44.4 Å². The molecule has 0 saturated heterocycles. The number of thiophene rings is 2. The summed E-state index contributed by atoms with van der Waals surface area (Å²) in [7, 11) is 0. The number of carboxylic acid groups (broad SMARTS) is 4. The van der Waals surface area contributed by atoms with E-state index in [1.165, 1.54) is 4.90 Å². The number of carbonyl (C=O) groups excluding carboxylic acids is 4. The molecule has 4 amide bonds. The van der Waals surface area contributed by atoms with Gasteiger partial charge in [-0.1, -0.05) is 176 Å². The van der Waals surface area contributed by atoms with Gasteiger partial charge < -0.3 is 63.4 Å². The lowest BCUT2D eigenvalue weighted by Crippen LogP contribution is -2.36. The van der Waals surface area contributed by atoms with E-state index in [4.69, 9.17) is 49.3 Å². The highest BCUT2D eigenvalue weighted by molar-refractivity contribution is 7.13. The Hall–Kier alpha value is -15.9. The van der Waals surface area contributed by atoms with Crippen molar-refractivity contribution in [2.45, 2.75) is 168 Å². The van der Waals surface area contributed by atoms with Crippen LogP contribution in [0.2, 0.25) is 0 Å². The summed E-state index contributed by atoms with van der Waals surface area (Å²) in [6, 6.07) is 93.8. The first-order valence-electron chi connectivity index (χ1n) is 52.2. The highest BCUT2D eigenvalue weighted by atomic mass is 32.1. The molecule has 9 aromatic carbocycles. The molecule has 15 aromatic rings. The number of aromatic nitrogens is 3. The van der Waals surface area contributed by atoms with E-state index >= 15 is 0 Å². The fourth-order valence-corrected chi connectivity index (χ4v) is 17.1. The Balaban J connectivity index is 0.000000179. The number of aliphatic carboxylic acids is 4. The smallest absolute Gasteiger partial charge is 0.303 e. The number of carboxylic acids is 4. The van der Waals surface area contributed by atoms with Crippen LogP contribution in [0.1, 0.15) is 203 Å². The maximum atomic E-state index is 13.8. The molecule has 766 valence electrons. The zero-order valence-corrected chi connectivity index (χ0v) is 84.9. The van der Waals surface area contributed by atoms with Crippen LogP contribution in [0.15, 0.2) is 355 Å². The standard InChI is InChI=1S/C31H32N2O5.2C31H32N2O4S.C29H33NO4/c34-30(35)11-2-1-7-20-38-29-10-4-3-8-26(29)22-33(19-16-28-9-5-6-18-32-28)31(36)25-14-12-24(13-15-25)27-17-21-37-23-27;34-30(35)13-2-1-7-21-37-28-11-4-3-9-26(28)23-33(20-18-27-10-5-6-19-32-27)31(36)25-16-14-24(15-17-25)29-12-8-22-38-29;34-30(35)11-2-1-7-20-37-29-10-4-3-8-26(29)22-33(19-16-28-9-5-6-18-32-28)31(36)25-14-12-24(13-15-25)27-17-21-38-23-27;1-22(2)30(29(33)25-18-16-24(17-19-25)23-11-5-3-6-12-23)21-26-13-8-9-14-27(26)34-20-10-4-7-15-28(31)32/h3-6,8-10,12-15,17-18,21,23H,1-2,7,11,16,19-20,22H2,(H,34,35);3-6,8-12,14-17,19,22H,1-2,7,13,18,20-21,23H2,(H,34,35);3-6,8-10,12-15,17-18,21,23H,1-2,7,11,16,19-20,22H2,(H,34,35);3,5-6,8-9,11-14,16-19,22H,4,7,10,15,20-21H2,1-2H3,(H,31,32)/i22D;23D;22D;21D. The van der Waals surface area contributed by atoms with Gasteiger partial charge >= 0.3 is 23.9 Å². The first-order valence-corrected chi connectivity index (χ1v) is 51.7. The molecule has 0 radical (unpaired) electrons. The zero-order chi connectivity index (χ0) is 108. The van der Waals surface area contributed by atoms with Crippen LogP contribution >= 0.6 is 22.7 Å². The average molecular weight is 2030 g/mol. The fourth-order valence-electron chi connectivity index (χ4n) is 15.7. The maximum Gasteiger partial charge on any atom is 0.303 e. The minimum Gasteiger partial charge on any atom is -0.493 e. The van der Waals surface area contributed by atoms with Gasteiger partial charge in [0.1, 0.15) is 23.0 Å². The second-order valence-electron chi connectivity index (χ2n) is 35.1. The van der Waals surface area contributed by atoms with Crippen LogP contribution in [0.4, 0.5) is 0 Å². The summed E-state index contributed by atoms with van der Waals surface area (Å²) in [6.07, 6.45) is 18.8. The van der Waals surface area contributed by atoms with Gasteiger partial charge in [0, 0.05) is 187 Å². The van der Waals surface area contributed by atoms with Gasteiger partial charge in [-0.3, -0.25) is 53.3 Å². The van der Waals surface area contributed by atoms with Crippen molar-refractivity contribution < 1.29 is 87.6 Å². The lowest BCUT2D eigenvalue weighted by Gasteiger charge is -2.28. The van der Waals surface area contributed by atoms with Gasteiger partial charge in [-0.2, -0.15) is 11.3 Å². The number of ether oxygens (including phenoxy) is 4. The molecule has 0 bridgehead atoms. The molecular weight excluding hydrogens is 1900 g/mol. The Morgan fingerprint density at radius 3 is 0.959 bits per heavy atom. The van der Waals surface area contributed by atoms with E-state index < -0.39 is 50.0 Å². The second-order valence-corrected chi connectivity index (χ2v) is 36.8. The number of pyridine rings is 3. The lowest BCUT2D eigenvalue weighted by atomic mass is 10.0. The minimum atomic E-state index is -1.00. The number of para-hydroxylation sites is 4. The third kappa shape index (κ3) is 37.6. The monoisotopic (exact) mass is 2030 g/mol. The molecule has 6 heterocycles. The largest absolute Gasteiger partial charge is 0.493 e. The van der Waals surface area contributed by atoms with Crippen molar-refractivity contribution in [2.24, 2.45) is 0 Å². The quantitative estimate of drug-likeness (QED) is 0.0257. The Morgan fingerprint density at radius 1 is 0.318 bits per heavy atom. The topological polar surface area (TPSA) is 319 Å². The molecule has 4 unspecified atom stereocenters. The molecule has 4 N–H and O–H groups in total. The highest BCUT2D eigenvalue weighted by Crippen LogP contribution is 2.33. The molecule has 0 saturated carbocycles. The lowest BCUT2D eigenvalue weighted by molar-refractivity contribution is -0.138. The molecule has 0 aliphatic heterocycles. The summed E-state index contributed by atoms with van der Waals surface area (Å²) in [6.45, 7) is 2.51. The van der Waals surface area contributed by atoms with E-state index in [1.54, 1.807) is 92.8 Å². The number of carbonyl (C=O) groups is 8. The van der Waals surface area contributed by atoms with Crippen molar-refractivity contribution >= 4 is 70.2 Å². The third-order valence-corrected chi connectivity index (χ3v) is 25.3. The van der Waals surface area contributed by atoms with Gasteiger partial charge in [-0.15, -0.1) is 11.3 Å². The number of unbranched alkanes of at least 4 members (excludes halogenated alkanes) is 8. The molecule has 24 nitrogen and oxygen atoms in total. The predicted molar refractivity (Wildman–Crippen MR) is 581 cm³/mol. The predicted octanol–water partition coefficient (Wildman–Crippen LogP) is 26.1. The number of hydrogen-bond donors (Lipinski definition) is 4. The number of benzene rings is 9. The Bertz CT molecular complexity index is 6200. The Labute approximate surface area is 880 Å². The Kier molecular flexibility index (Phi) is 43.5. The van der Waals surface area contributed by atoms with Crippen LogP contribution in [-0.4, -0.2) is 155 Å². The van der Waals surface area contributed by atoms with Gasteiger partial charge in [-0.05, 0) is 268 Å². The van der Waals surface area contributed by atoms with Crippen LogP contribution in [0.3, 0.4) is 0 Å². The van der Waals surface area contributed by atoms with Crippen LogP contribution in [0, 0.1) is 0 Å². The number of amides is 4. The van der Waals surface area contributed by atoms with Gasteiger partial charge in [0.25, 0.3) is 23.6 Å². The van der Waals surface area contributed by atoms with Crippen molar-refractivity contribution in [3.63, 3.8) is 0 Å². The summed E-state index contributed by atoms with van der Waals surface area (Å²) >= 11 is 3.27. The Morgan fingerprint density at radius 2 is 0.642 bits per heavy atom. The number of furan rings is 1. The van der Waals surface area contributed by atoms with Gasteiger partial charge in [-0.25, -0.2) is 0 Å². The van der Waals surface area contributed by atoms with Crippen molar-refractivity contribution in [1.82, 2.24) is 34.6 Å². The summed E-state index contributed by atoms with van der Waals surface area (Å²) in [5, 5.41) is 41.3. The first-order chi connectivity index (χ1) is 74.0. The molecule has 0 fully saturated rings. The van der Waals surface area contributed by atoms with Crippen molar-refractivity contribution in [1.29, 1.82) is 0 Å². The van der Waals surface area contributed by atoms with E-state index in [-0.39, 0.29) is 55.4 Å². The molecule has 0 aliphatic rings.